The molecule has 0 aliphatic rings. The number of amides is 2. The second-order valence-electron chi connectivity index (χ2n) is 7.29. The molecule has 7 nitrogen and oxygen atoms in total. The molecule has 2 amide bonds. The van der Waals surface area contributed by atoms with E-state index in [1.807, 2.05) is 24.3 Å². The van der Waals surface area contributed by atoms with Gasteiger partial charge in [0.2, 0.25) is 5.78 Å². The number of benzene rings is 3. The van der Waals surface area contributed by atoms with Crippen molar-refractivity contribution in [3.8, 4) is 11.3 Å². The van der Waals surface area contributed by atoms with E-state index in [2.05, 4.69) is 10.4 Å². The monoisotopic (exact) mass is 430 g/mol. The molecule has 0 spiro atoms. The molecule has 4 aromatic rings. The Kier molecular flexibility index (Phi) is 5.51. The van der Waals surface area contributed by atoms with Crippen molar-refractivity contribution in [3.63, 3.8) is 0 Å². The van der Waals surface area contributed by atoms with Gasteiger partial charge in [-0.25, -0.2) is 4.39 Å². The summed E-state index contributed by atoms with van der Waals surface area (Å²) in [5, 5.41) is 8.54. The van der Waals surface area contributed by atoms with Gasteiger partial charge in [0.05, 0.1) is 5.56 Å². The molecule has 0 radical (unpaired) electrons. The van der Waals surface area contributed by atoms with Gasteiger partial charge in [0, 0.05) is 18.8 Å². The number of nitrogens with one attached hydrogen (secondary N) is 1. The van der Waals surface area contributed by atoms with E-state index in [4.69, 9.17) is 5.73 Å². The average Bonchev–Trinajstić information content (AvgIpc) is 3.18. The molecule has 1 heterocycles. The normalized spacial score (nSPS) is 11.8. The lowest BCUT2D eigenvalue weighted by atomic mass is 9.98. The number of hydrogen-bond acceptors (Lipinski definition) is 4. The summed E-state index contributed by atoms with van der Waals surface area (Å²) < 4.78 is 15.7. The van der Waals surface area contributed by atoms with Crippen LogP contribution in [0.4, 0.5) is 4.39 Å². The van der Waals surface area contributed by atoms with Crippen molar-refractivity contribution in [1.29, 1.82) is 0 Å². The second kappa shape index (κ2) is 8.43. The van der Waals surface area contributed by atoms with E-state index in [0.717, 1.165) is 10.8 Å². The molecule has 0 saturated heterocycles. The fraction of sp³-hybridized carbons (Fsp3) is 0.0833. The molecule has 0 saturated carbocycles. The van der Waals surface area contributed by atoms with Crippen LogP contribution in [0.5, 0.6) is 0 Å². The Balaban J connectivity index is 1.74. The first kappa shape index (κ1) is 20.9. The Bertz CT molecular complexity index is 1360. The maximum Gasteiger partial charge on any atom is 0.287 e. The highest BCUT2D eigenvalue weighted by molar-refractivity contribution is 6.38. The number of carbonyl (C=O) groups excluding carboxylic acids is 3. The lowest BCUT2D eigenvalue weighted by Crippen LogP contribution is -2.39. The Morgan fingerprint density at radius 3 is 2.41 bits per heavy atom. The number of fused-ring (bicyclic) bond motifs is 1. The van der Waals surface area contributed by atoms with Crippen molar-refractivity contribution >= 4 is 28.4 Å². The first-order chi connectivity index (χ1) is 15.3. The number of nitrogens with two attached hydrogens (primary N) is 1. The van der Waals surface area contributed by atoms with Crippen molar-refractivity contribution in [2.45, 2.75) is 6.04 Å². The van der Waals surface area contributed by atoms with Crippen LogP contribution in [-0.2, 0) is 16.6 Å². The van der Waals surface area contributed by atoms with Crippen molar-refractivity contribution in [2.75, 3.05) is 0 Å². The predicted octanol–water partition coefficient (Wildman–Crippen LogP) is 2.90. The van der Waals surface area contributed by atoms with Gasteiger partial charge in [-0.05, 0) is 34.5 Å². The van der Waals surface area contributed by atoms with Crippen LogP contribution in [0.2, 0.25) is 0 Å². The number of hydrogen-bond donors (Lipinski definition) is 2. The maximum atomic E-state index is 14.3. The smallest absolute Gasteiger partial charge is 0.287 e. The highest BCUT2D eigenvalue weighted by atomic mass is 19.1. The topological polar surface area (TPSA) is 107 Å². The Labute approximate surface area is 182 Å². The third kappa shape index (κ3) is 3.98. The number of aromatic nitrogens is 2. The van der Waals surface area contributed by atoms with Gasteiger partial charge in [-0.1, -0.05) is 48.5 Å². The van der Waals surface area contributed by atoms with Gasteiger partial charge in [0.1, 0.15) is 17.6 Å². The predicted molar refractivity (Wildman–Crippen MR) is 117 cm³/mol. The van der Waals surface area contributed by atoms with E-state index in [1.54, 1.807) is 31.3 Å². The molecule has 0 fully saturated rings. The highest BCUT2D eigenvalue weighted by Crippen LogP contribution is 2.26. The van der Waals surface area contributed by atoms with Crippen LogP contribution in [0.25, 0.3) is 22.0 Å². The van der Waals surface area contributed by atoms with E-state index in [1.165, 1.54) is 29.1 Å². The number of primary amides is 1. The third-order valence-corrected chi connectivity index (χ3v) is 5.09. The lowest BCUT2D eigenvalue weighted by molar-refractivity contribution is -0.137. The molecule has 4 rings (SSSR count). The fourth-order valence-electron chi connectivity index (χ4n) is 3.55. The van der Waals surface area contributed by atoms with Crippen LogP contribution in [0.3, 0.4) is 0 Å². The van der Waals surface area contributed by atoms with E-state index >= 15 is 0 Å². The summed E-state index contributed by atoms with van der Waals surface area (Å²) in [7, 11) is 1.59. The molecule has 0 aliphatic carbocycles. The van der Waals surface area contributed by atoms with Crippen molar-refractivity contribution in [3.05, 3.63) is 89.9 Å². The minimum Gasteiger partial charge on any atom is -0.363 e. The van der Waals surface area contributed by atoms with Crippen LogP contribution < -0.4 is 11.1 Å². The Morgan fingerprint density at radius 2 is 1.69 bits per heavy atom. The molecule has 32 heavy (non-hydrogen) atoms. The van der Waals surface area contributed by atoms with E-state index in [9.17, 15) is 18.8 Å². The summed E-state index contributed by atoms with van der Waals surface area (Å²) in [4.78, 5) is 37.4. The zero-order valence-corrected chi connectivity index (χ0v) is 17.1. The molecular weight excluding hydrogens is 411 g/mol. The quantitative estimate of drug-likeness (QED) is 0.459. The number of aryl methyl sites for hydroxylation is 1. The number of carbonyl (C=O) groups is 3. The molecule has 3 N–H and O–H groups in total. The van der Waals surface area contributed by atoms with Crippen molar-refractivity contribution < 1.29 is 18.8 Å². The van der Waals surface area contributed by atoms with Crippen molar-refractivity contribution in [1.82, 2.24) is 15.1 Å². The molecule has 0 aliphatic heterocycles. The van der Waals surface area contributed by atoms with Gasteiger partial charge in [-0.3, -0.25) is 19.1 Å². The summed E-state index contributed by atoms with van der Waals surface area (Å²) in [6, 6.07) is 17.2. The summed E-state index contributed by atoms with van der Waals surface area (Å²) >= 11 is 0. The van der Waals surface area contributed by atoms with E-state index < -0.39 is 29.5 Å². The first-order valence-corrected chi connectivity index (χ1v) is 9.77. The number of ketones is 1. The van der Waals surface area contributed by atoms with Crippen molar-refractivity contribution in [2.24, 2.45) is 12.8 Å². The van der Waals surface area contributed by atoms with Gasteiger partial charge in [-0.15, -0.1) is 0 Å². The third-order valence-electron chi connectivity index (χ3n) is 5.09. The number of halogens is 1. The van der Waals surface area contributed by atoms with Gasteiger partial charge < -0.3 is 11.1 Å². The van der Waals surface area contributed by atoms with Gasteiger partial charge >= 0.3 is 0 Å². The molecule has 1 atom stereocenters. The lowest BCUT2D eigenvalue weighted by Gasteiger charge is -2.17. The van der Waals surface area contributed by atoms with E-state index in [0.29, 0.717) is 5.56 Å². The standard InChI is InChI=1S/C24H19FN4O3/c1-29-13-18(21(28-29)17-8-4-5-9-19(17)25)24(32)27-20(22(30)23(26)31)16-11-10-14-6-2-3-7-15(14)12-16/h2-13,20H,1H3,(H2,26,31)(H,27,32). The second-order valence-corrected chi connectivity index (χ2v) is 7.29. The molecule has 1 unspecified atom stereocenters. The summed E-state index contributed by atoms with van der Waals surface area (Å²) in [6.07, 6.45) is 1.42. The van der Waals surface area contributed by atoms with Crippen LogP contribution >= 0.6 is 0 Å². The number of nitrogens with zero attached hydrogens (tertiary/aromatic N) is 2. The van der Waals surface area contributed by atoms with Gasteiger partial charge in [0.25, 0.3) is 11.8 Å². The molecular formula is C24H19FN4O3. The Hall–Kier alpha value is -4.33. The highest BCUT2D eigenvalue weighted by Gasteiger charge is 2.29. The molecule has 160 valence electrons. The SMILES string of the molecule is Cn1cc(C(=O)NC(C(=O)C(N)=O)c2ccc3ccccc3c2)c(-c2ccccc2F)n1. The number of rotatable bonds is 6. The minimum absolute atomic E-state index is 0.0562. The molecule has 3 aromatic carbocycles. The zero-order valence-electron chi connectivity index (χ0n) is 17.1. The van der Waals surface area contributed by atoms with Gasteiger partial charge in [-0.2, -0.15) is 5.10 Å². The number of Topliss-reactive ketones (excluding diaryl/α,β-unsaturated/α-hetero) is 1. The molecule has 1 aromatic heterocycles. The summed E-state index contributed by atoms with van der Waals surface area (Å²) in [5.74, 6) is -3.38. The largest absolute Gasteiger partial charge is 0.363 e. The molecule has 0 bridgehead atoms. The fourth-order valence-corrected chi connectivity index (χ4v) is 3.55. The van der Waals surface area contributed by atoms with Crippen LogP contribution in [-0.4, -0.2) is 27.4 Å². The van der Waals surface area contributed by atoms with Crippen LogP contribution in [0.15, 0.2) is 72.9 Å². The minimum atomic E-state index is -1.31. The van der Waals surface area contributed by atoms with Crippen LogP contribution in [0.1, 0.15) is 22.0 Å². The van der Waals surface area contributed by atoms with Crippen LogP contribution in [0, 0.1) is 5.82 Å². The summed E-state index contributed by atoms with van der Waals surface area (Å²) in [5.41, 5.74) is 5.95. The Morgan fingerprint density at radius 1 is 1.00 bits per heavy atom. The molecule has 8 heteroatoms. The van der Waals surface area contributed by atoms with Gasteiger partial charge in [0.15, 0.2) is 0 Å². The first-order valence-electron chi connectivity index (χ1n) is 9.77. The zero-order chi connectivity index (χ0) is 22.8. The average molecular weight is 430 g/mol. The van der Waals surface area contributed by atoms with E-state index in [-0.39, 0.29) is 16.8 Å². The maximum absolute atomic E-state index is 14.3. The summed E-state index contributed by atoms with van der Waals surface area (Å²) in [6.45, 7) is 0.